The Hall–Kier alpha value is -3.55. The van der Waals surface area contributed by atoms with E-state index in [2.05, 4.69) is 20.3 Å². The van der Waals surface area contributed by atoms with Gasteiger partial charge in [-0.1, -0.05) is 10.3 Å². The van der Waals surface area contributed by atoms with E-state index >= 15 is 0 Å². The lowest BCUT2D eigenvalue weighted by molar-refractivity contribution is 0.354. The summed E-state index contributed by atoms with van der Waals surface area (Å²) in [7, 11) is 1.61. The molecule has 0 amide bonds. The fraction of sp³-hybridized carbons (Fsp3) is 0.158. The highest BCUT2D eigenvalue weighted by atomic mass is 19.1. The number of halogens is 1. The number of nitrogens with zero attached hydrogens (tertiary/aromatic N) is 4. The largest absolute Gasteiger partial charge is 0.497 e. The lowest BCUT2D eigenvalue weighted by Gasteiger charge is -1.98. The molecule has 0 bridgehead atoms. The highest BCUT2D eigenvalue weighted by molar-refractivity contribution is 5.55. The Labute approximate surface area is 153 Å². The van der Waals surface area contributed by atoms with Gasteiger partial charge in [0.25, 0.3) is 0 Å². The van der Waals surface area contributed by atoms with Crippen molar-refractivity contribution in [2.75, 3.05) is 7.11 Å². The van der Waals surface area contributed by atoms with Gasteiger partial charge >= 0.3 is 0 Å². The summed E-state index contributed by atoms with van der Waals surface area (Å²) in [4.78, 5) is 8.68. The molecule has 4 aromatic rings. The topological polar surface area (TPSA) is 87.1 Å². The molecule has 0 unspecified atom stereocenters. The fourth-order valence-electron chi connectivity index (χ4n) is 2.50. The van der Waals surface area contributed by atoms with Crippen LogP contribution in [-0.2, 0) is 12.8 Å². The molecular weight excluding hydrogens is 351 g/mol. The summed E-state index contributed by atoms with van der Waals surface area (Å²) in [6, 6.07) is 13.3. The van der Waals surface area contributed by atoms with Crippen LogP contribution in [0.5, 0.6) is 5.75 Å². The van der Waals surface area contributed by atoms with Gasteiger partial charge < -0.3 is 13.8 Å². The molecular formula is C19H15FN4O3. The van der Waals surface area contributed by atoms with E-state index in [1.165, 1.54) is 12.1 Å². The van der Waals surface area contributed by atoms with Gasteiger partial charge in [-0.15, -0.1) is 0 Å². The van der Waals surface area contributed by atoms with Crippen LogP contribution >= 0.6 is 0 Å². The Kier molecular flexibility index (Phi) is 4.61. The van der Waals surface area contributed by atoms with Crippen LogP contribution in [-0.4, -0.2) is 27.4 Å². The van der Waals surface area contributed by atoms with Crippen LogP contribution in [0.25, 0.3) is 22.8 Å². The molecule has 0 aliphatic rings. The van der Waals surface area contributed by atoms with Crippen molar-refractivity contribution in [3.8, 4) is 28.5 Å². The quantitative estimate of drug-likeness (QED) is 0.514. The molecule has 0 N–H and O–H groups in total. The third-order valence-electron chi connectivity index (χ3n) is 3.94. The summed E-state index contributed by atoms with van der Waals surface area (Å²) in [6.45, 7) is 0. The summed E-state index contributed by atoms with van der Waals surface area (Å²) >= 11 is 0. The van der Waals surface area contributed by atoms with Gasteiger partial charge in [-0.3, -0.25) is 0 Å². The number of benzene rings is 2. The summed E-state index contributed by atoms with van der Waals surface area (Å²) in [6.07, 6.45) is 0.923. The van der Waals surface area contributed by atoms with Crippen LogP contribution in [0.4, 0.5) is 4.39 Å². The third-order valence-corrected chi connectivity index (χ3v) is 3.94. The van der Waals surface area contributed by atoms with Crippen LogP contribution in [0.15, 0.2) is 57.6 Å². The second-order valence-corrected chi connectivity index (χ2v) is 5.76. The highest BCUT2D eigenvalue weighted by Crippen LogP contribution is 2.20. The summed E-state index contributed by atoms with van der Waals surface area (Å²) in [5.74, 6) is 2.28. The van der Waals surface area contributed by atoms with Gasteiger partial charge in [0, 0.05) is 24.0 Å². The molecule has 0 spiro atoms. The lowest BCUT2D eigenvalue weighted by Crippen LogP contribution is -1.92. The molecule has 2 heterocycles. The predicted octanol–water partition coefficient (Wildman–Crippen LogP) is 3.72. The van der Waals surface area contributed by atoms with Crippen LogP contribution in [0, 0.1) is 5.82 Å². The van der Waals surface area contributed by atoms with E-state index in [1.807, 2.05) is 24.3 Å². The maximum absolute atomic E-state index is 13.0. The van der Waals surface area contributed by atoms with Crippen LogP contribution in [0.1, 0.15) is 11.8 Å². The van der Waals surface area contributed by atoms with Gasteiger partial charge in [0.15, 0.2) is 0 Å². The fourth-order valence-corrected chi connectivity index (χ4v) is 2.50. The average molecular weight is 366 g/mol. The van der Waals surface area contributed by atoms with E-state index in [1.54, 1.807) is 19.2 Å². The third kappa shape index (κ3) is 3.84. The van der Waals surface area contributed by atoms with Crippen molar-refractivity contribution in [1.82, 2.24) is 20.3 Å². The molecule has 0 radical (unpaired) electrons. The molecule has 2 aromatic carbocycles. The van der Waals surface area contributed by atoms with E-state index in [9.17, 15) is 4.39 Å². The van der Waals surface area contributed by atoms with Crippen molar-refractivity contribution in [3.05, 3.63) is 66.1 Å². The van der Waals surface area contributed by atoms with Crippen molar-refractivity contribution < 1.29 is 18.2 Å². The number of hydrogen-bond donors (Lipinski definition) is 0. The van der Waals surface area contributed by atoms with Crippen molar-refractivity contribution in [3.63, 3.8) is 0 Å². The molecule has 0 atom stereocenters. The first-order chi connectivity index (χ1) is 13.2. The molecule has 0 saturated carbocycles. The monoisotopic (exact) mass is 366 g/mol. The molecule has 27 heavy (non-hydrogen) atoms. The number of hydrogen-bond acceptors (Lipinski definition) is 7. The van der Waals surface area contributed by atoms with Gasteiger partial charge in [0.2, 0.25) is 23.4 Å². The van der Waals surface area contributed by atoms with Gasteiger partial charge in [-0.2, -0.15) is 9.97 Å². The SMILES string of the molecule is COc1ccc(-c2noc(CCc3nc(-c4ccc(F)cc4)no3)n2)cc1. The highest BCUT2D eigenvalue weighted by Gasteiger charge is 2.13. The zero-order valence-corrected chi connectivity index (χ0v) is 14.4. The molecule has 136 valence electrons. The Morgan fingerprint density at radius 2 is 1.26 bits per heavy atom. The molecule has 2 aromatic heterocycles. The maximum atomic E-state index is 13.0. The van der Waals surface area contributed by atoms with Crippen molar-refractivity contribution in [1.29, 1.82) is 0 Å². The normalized spacial score (nSPS) is 10.9. The number of methoxy groups -OCH3 is 1. The lowest BCUT2D eigenvalue weighted by atomic mass is 10.2. The summed E-state index contributed by atoms with van der Waals surface area (Å²) in [5, 5.41) is 7.90. The Bertz CT molecular complexity index is 1030. The molecule has 4 rings (SSSR count). The second kappa shape index (κ2) is 7.36. The van der Waals surface area contributed by atoms with E-state index in [0.29, 0.717) is 41.8 Å². The molecule has 8 heteroatoms. The van der Waals surface area contributed by atoms with E-state index < -0.39 is 0 Å². The molecule has 7 nitrogen and oxygen atoms in total. The van der Waals surface area contributed by atoms with Crippen molar-refractivity contribution >= 4 is 0 Å². The first-order valence-electron chi connectivity index (χ1n) is 8.27. The average Bonchev–Trinajstić information content (AvgIpc) is 3.37. The number of aromatic nitrogens is 4. The summed E-state index contributed by atoms with van der Waals surface area (Å²) < 4.78 is 28.6. The van der Waals surface area contributed by atoms with Gasteiger partial charge in [-0.25, -0.2) is 4.39 Å². The van der Waals surface area contributed by atoms with Crippen molar-refractivity contribution in [2.45, 2.75) is 12.8 Å². The number of ether oxygens (including phenoxy) is 1. The molecule has 0 fully saturated rings. The number of aryl methyl sites for hydroxylation is 2. The van der Waals surface area contributed by atoms with Crippen LogP contribution < -0.4 is 4.74 Å². The van der Waals surface area contributed by atoms with E-state index in [-0.39, 0.29) is 5.82 Å². The van der Waals surface area contributed by atoms with E-state index in [4.69, 9.17) is 13.8 Å². The molecule has 0 aliphatic carbocycles. The number of rotatable bonds is 6. The minimum Gasteiger partial charge on any atom is -0.497 e. The van der Waals surface area contributed by atoms with E-state index in [0.717, 1.165) is 11.3 Å². The maximum Gasteiger partial charge on any atom is 0.227 e. The Morgan fingerprint density at radius 1 is 0.778 bits per heavy atom. The zero-order chi connectivity index (χ0) is 18.6. The van der Waals surface area contributed by atoms with Crippen molar-refractivity contribution in [2.24, 2.45) is 0 Å². The van der Waals surface area contributed by atoms with Crippen LogP contribution in [0.3, 0.4) is 0 Å². The predicted molar refractivity (Wildman–Crippen MR) is 93.4 cm³/mol. The first-order valence-corrected chi connectivity index (χ1v) is 8.27. The molecule has 0 aliphatic heterocycles. The molecule has 0 saturated heterocycles. The van der Waals surface area contributed by atoms with Crippen LogP contribution in [0.2, 0.25) is 0 Å². The van der Waals surface area contributed by atoms with Gasteiger partial charge in [0.1, 0.15) is 11.6 Å². The first kappa shape index (κ1) is 16.9. The minimum absolute atomic E-state index is 0.313. The van der Waals surface area contributed by atoms with Gasteiger partial charge in [-0.05, 0) is 48.5 Å². The Morgan fingerprint density at radius 3 is 1.74 bits per heavy atom. The minimum atomic E-state index is -0.313. The summed E-state index contributed by atoms with van der Waals surface area (Å²) in [5.41, 5.74) is 1.52. The standard InChI is InChI=1S/C19H15FN4O3/c1-25-15-8-4-13(5-9-15)19-22-17(27-24-19)11-10-16-21-18(23-26-16)12-2-6-14(20)7-3-12/h2-9H,10-11H2,1H3. The van der Waals surface area contributed by atoms with Gasteiger partial charge in [0.05, 0.1) is 7.11 Å². The zero-order valence-electron chi connectivity index (χ0n) is 14.4. The second-order valence-electron chi connectivity index (χ2n) is 5.76. The Balaban J connectivity index is 1.40. The smallest absolute Gasteiger partial charge is 0.227 e.